The molecular formula is C13H19N3S. The fraction of sp³-hybridized carbons (Fsp3) is 0.462. The fourth-order valence-corrected chi connectivity index (χ4v) is 2.48. The molecule has 92 valence electrons. The number of aromatic nitrogens is 2. The summed E-state index contributed by atoms with van der Waals surface area (Å²) in [6.45, 7) is 8.41. The van der Waals surface area contributed by atoms with E-state index in [0.29, 0.717) is 5.92 Å². The number of rotatable bonds is 5. The van der Waals surface area contributed by atoms with Crippen LogP contribution in [0.4, 0.5) is 5.95 Å². The highest BCUT2D eigenvalue weighted by atomic mass is 32.1. The Morgan fingerprint density at radius 2 is 2.24 bits per heavy atom. The second-order valence-electron chi connectivity index (χ2n) is 4.73. The van der Waals surface area contributed by atoms with Crippen molar-refractivity contribution in [1.82, 2.24) is 9.55 Å². The highest BCUT2D eigenvalue weighted by Gasteiger charge is 2.06. The Bertz CT molecular complexity index is 470. The molecule has 2 heterocycles. The van der Waals surface area contributed by atoms with Crippen LogP contribution in [0.1, 0.15) is 25.0 Å². The SMILES string of the molecule is Cc1cscc1Cn1ccnc1NCC(C)C. The van der Waals surface area contributed by atoms with Gasteiger partial charge < -0.3 is 9.88 Å². The summed E-state index contributed by atoms with van der Waals surface area (Å²) in [7, 11) is 0. The van der Waals surface area contributed by atoms with E-state index >= 15 is 0 Å². The van der Waals surface area contributed by atoms with Crippen molar-refractivity contribution in [3.05, 3.63) is 34.3 Å². The highest BCUT2D eigenvalue weighted by molar-refractivity contribution is 7.08. The zero-order chi connectivity index (χ0) is 12.3. The molecule has 0 amide bonds. The van der Waals surface area contributed by atoms with Gasteiger partial charge in [-0.1, -0.05) is 13.8 Å². The standard InChI is InChI=1S/C13H19N3S/c1-10(2)6-15-13-14-4-5-16(13)7-12-9-17-8-11(12)3/h4-5,8-10H,6-7H2,1-3H3,(H,14,15). The zero-order valence-corrected chi connectivity index (χ0v) is 11.4. The zero-order valence-electron chi connectivity index (χ0n) is 10.6. The predicted molar refractivity (Wildman–Crippen MR) is 73.7 cm³/mol. The van der Waals surface area contributed by atoms with Gasteiger partial charge in [0.1, 0.15) is 0 Å². The summed E-state index contributed by atoms with van der Waals surface area (Å²) < 4.78 is 2.16. The van der Waals surface area contributed by atoms with Gasteiger partial charge in [0, 0.05) is 18.9 Å². The maximum absolute atomic E-state index is 4.35. The molecule has 0 saturated heterocycles. The topological polar surface area (TPSA) is 29.9 Å². The molecule has 2 aromatic heterocycles. The van der Waals surface area contributed by atoms with Gasteiger partial charge in [0.25, 0.3) is 0 Å². The number of hydrogen-bond donors (Lipinski definition) is 1. The van der Waals surface area contributed by atoms with Crippen LogP contribution in [0.15, 0.2) is 23.2 Å². The van der Waals surface area contributed by atoms with Gasteiger partial charge in [-0.3, -0.25) is 0 Å². The molecule has 0 saturated carbocycles. The number of aryl methyl sites for hydroxylation is 1. The number of nitrogens with zero attached hydrogens (tertiary/aromatic N) is 2. The summed E-state index contributed by atoms with van der Waals surface area (Å²) in [6.07, 6.45) is 3.88. The summed E-state index contributed by atoms with van der Waals surface area (Å²) in [4.78, 5) is 4.35. The normalized spacial score (nSPS) is 11.1. The second-order valence-corrected chi connectivity index (χ2v) is 5.48. The first kappa shape index (κ1) is 12.2. The van der Waals surface area contributed by atoms with Gasteiger partial charge in [0.05, 0.1) is 6.54 Å². The molecule has 4 heteroatoms. The van der Waals surface area contributed by atoms with E-state index in [2.05, 4.69) is 46.4 Å². The van der Waals surface area contributed by atoms with E-state index in [9.17, 15) is 0 Å². The van der Waals surface area contributed by atoms with Gasteiger partial charge >= 0.3 is 0 Å². The molecule has 0 aromatic carbocycles. The Morgan fingerprint density at radius 1 is 1.41 bits per heavy atom. The molecule has 0 aliphatic heterocycles. The van der Waals surface area contributed by atoms with Crippen molar-refractivity contribution < 1.29 is 0 Å². The third-order valence-corrected chi connectivity index (χ3v) is 3.60. The van der Waals surface area contributed by atoms with Gasteiger partial charge in [0.2, 0.25) is 5.95 Å². The number of anilines is 1. The molecule has 0 spiro atoms. The maximum Gasteiger partial charge on any atom is 0.203 e. The van der Waals surface area contributed by atoms with E-state index < -0.39 is 0 Å². The van der Waals surface area contributed by atoms with Gasteiger partial charge in [-0.25, -0.2) is 4.98 Å². The van der Waals surface area contributed by atoms with Crippen molar-refractivity contribution in [3.8, 4) is 0 Å². The predicted octanol–water partition coefficient (Wildman–Crippen LogP) is 3.37. The number of hydrogen-bond acceptors (Lipinski definition) is 3. The minimum Gasteiger partial charge on any atom is -0.355 e. The van der Waals surface area contributed by atoms with Crippen LogP contribution in [-0.4, -0.2) is 16.1 Å². The minimum atomic E-state index is 0.628. The van der Waals surface area contributed by atoms with Gasteiger partial charge in [-0.15, -0.1) is 0 Å². The summed E-state index contributed by atoms with van der Waals surface area (Å²) in [5.74, 6) is 1.59. The van der Waals surface area contributed by atoms with Crippen molar-refractivity contribution in [2.75, 3.05) is 11.9 Å². The van der Waals surface area contributed by atoms with E-state index in [1.807, 2.05) is 12.4 Å². The van der Waals surface area contributed by atoms with Gasteiger partial charge in [-0.05, 0) is 34.7 Å². The average Bonchev–Trinajstić information content (AvgIpc) is 2.87. The monoisotopic (exact) mass is 249 g/mol. The van der Waals surface area contributed by atoms with Crippen LogP contribution in [0.3, 0.4) is 0 Å². The molecule has 3 nitrogen and oxygen atoms in total. The molecule has 0 aliphatic carbocycles. The summed E-state index contributed by atoms with van der Waals surface area (Å²) in [5, 5.41) is 7.78. The molecular weight excluding hydrogens is 230 g/mol. The van der Waals surface area contributed by atoms with Gasteiger partial charge in [0.15, 0.2) is 0 Å². The van der Waals surface area contributed by atoms with Crippen LogP contribution in [0.25, 0.3) is 0 Å². The van der Waals surface area contributed by atoms with Crippen molar-refractivity contribution >= 4 is 17.3 Å². The number of nitrogens with one attached hydrogen (secondary N) is 1. The summed E-state index contributed by atoms with van der Waals surface area (Å²) >= 11 is 1.76. The molecule has 0 bridgehead atoms. The molecule has 0 radical (unpaired) electrons. The highest BCUT2D eigenvalue weighted by Crippen LogP contribution is 2.17. The maximum atomic E-state index is 4.35. The number of thiophene rings is 1. The largest absolute Gasteiger partial charge is 0.355 e. The Labute approximate surface area is 107 Å². The minimum absolute atomic E-state index is 0.628. The molecule has 1 N–H and O–H groups in total. The third kappa shape index (κ3) is 3.09. The first-order valence-electron chi connectivity index (χ1n) is 5.93. The van der Waals surface area contributed by atoms with E-state index in [1.165, 1.54) is 11.1 Å². The molecule has 17 heavy (non-hydrogen) atoms. The van der Waals surface area contributed by atoms with Crippen LogP contribution < -0.4 is 5.32 Å². The lowest BCUT2D eigenvalue weighted by Crippen LogP contribution is -2.13. The van der Waals surface area contributed by atoms with Crippen molar-refractivity contribution in [2.45, 2.75) is 27.3 Å². The Kier molecular flexibility index (Phi) is 3.84. The smallest absolute Gasteiger partial charge is 0.203 e. The van der Waals surface area contributed by atoms with E-state index in [0.717, 1.165) is 19.0 Å². The van der Waals surface area contributed by atoms with Crippen molar-refractivity contribution in [3.63, 3.8) is 0 Å². The third-order valence-electron chi connectivity index (χ3n) is 2.69. The second kappa shape index (κ2) is 5.36. The molecule has 2 rings (SSSR count). The fourth-order valence-electron chi connectivity index (χ4n) is 1.63. The molecule has 0 atom stereocenters. The Hall–Kier alpha value is -1.29. The summed E-state index contributed by atoms with van der Waals surface area (Å²) in [5.41, 5.74) is 2.74. The average molecular weight is 249 g/mol. The quantitative estimate of drug-likeness (QED) is 0.880. The van der Waals surface area contributed by atoms with Crippen molar-refractivity contribution in [1.29, 1.82) is 0 Å². The lowest BCUT2D eigenvalue weighted by molar-refractivity contribution is 0.676. The molecule has 0 unspecified atom stereocenters. The van der Waals surface area contributed by atoms with E-state index in [1.54, 1.807) is 11.3 Å². The van der Waals surface area contributed by atoms with Crippen LogP contribution >= 0.6 is 11.3 Å². The first-order valence-corrected chi connectivity index (χ1v) is 6.87. The van der Waals surface area contributed by atoms with Crippen molar-refractivity contribution in [2.24, 2.45) is 5.92 Å². The molecule has 0 fully saturated rings. The Morgan fingerprint density at radius 3 is 2.88 bits per heavy atom. The van der Waals surface area contributed by atoms with Crippen LogP contribution in [0.5, 0.6) is 0 Å². The van der Waals surface area contributed by atoms with E-state index in [-0.39, 0.29) is 0 Å². The van der Waals surface area contributed by atoms with Crippen LogP contribution in [-0.2, 0) is 6.54 Å². The van der Waals surface area contributed by atoms with E-state index in [4.69, 9.17) is 0 Å². The number of imidazole rings is 1. The molecule has 0 aliphatic rings. The van der Waals surface area contributed by atoms with Crippen LogP contribution in [0, 0.1) is 12.8 Å². The Balaban J connectivity index is 2.06. The molecule has 2 aromatic rings. The first-order chi connectivity index (χ1) is 8.16. The van der Waals surface area contributed by atoms with Gasteiger partial charge in [-0.2, -0.15) is 11.3 Å². The summed E-state index contributed by atoms with van der Waals surface area (Å²) in [6, 6.07) is 0. The lowest BCUT2D eigenvalue weighted by atomic mass is 10.2. The van der Waals surface area contributed by atoms with Crippen LogP contribution in [0.2, 0.25) is 0 Å². The lowest BCUT2D eigenvalue weighted by Gasteiger charge is -2.11.